The van der Waals surface area contributed by atoms with Crippen LogP contribution in [0.4, 0.5) is 10.5 Å². The van der Waals surface area contributed by atoms with Crippen LogP contribution in [0.25, 0.3) is 10.8 Å². The Bertz CT molecular complexity index is 798. The third kappa shape index (κ3) is 4.88. The maximum atomic E-state index is 12.7. The summed E-state index contributed by atoms with van der Waals surface area (Å²) >= 11 is 2.25. The molecule has 0 radical (unpaired) electrons. The smallest absolute Gasteiger partial charge is 0.415 e. The summed E-state index contributed by atoms with van der Waals surface area (Å²) in [5.74, 6) is 0.649. The number of methoxy groups -OCH3 is 1. The highest BCUT2D eigenvalue weighted by atomic mass is 127. The number of ether oxygens (including phenoxy) is 3. The van der Waals surface area contributed by atoms with Gasteiger partial charge in [-0.15, -0.1) is 6.58 Å². The molecule has 0 atom stereocenters. The van der Waals surface area contributed by atoms with Gasteiger partial charge in [-0.3, -0.25) is 4.90 Å². The molecule has 0 N–H and O–H groups in total. The average Bonchev–Trinajstić information content (AvgIpc) is 2.58. The van der Waals surface area contributed by atoms with Gasteiger partial charge >= 0.3 is 6.09 Å². The number of anilines is 1. The van der Waals surface area contributed by atoms with Gasteiger partial charge in [0.1, 0.15) is 11.4 Å². The average molecular weight is 469 g/mol. The number of amides is 1. The molecule has 5 nitrogen and oxygen atoms in total. The monoisotopic (exact) mass is 469 g/mol. The van der Waals surface area contributed by atoms with Gasteiger partial charge in [0.15, 0.2) is 6.79 Å². The van der Waals surface area contributed by atoms with Crippen molar-refractivity contribution in [1.82, 2.24) is 0 Å². The lowest BCUT2D eigenvalue weighted by molar-refractivity contribution is 0.0522. The number of rotatable bonds is 6. The highest BCUT2D eigenvalue weighted by Crippen LogP contribution is 2.37. The molecule has 26 heavy (non-hydrogen) atoms. The van der Waals surface area contributed by atoms with E-state index in [0.29, 0.717) is 18.0 Å². The summed E-state index contributed by atoms with van der Waals surface area (Å²) in [6, 6.07) is 9.74. The van der Waals surface area contributed by atoms with Gasteiger partial charge in [-0.25, -0.2) is 4.79 Å². The first-order chi connectivity index (χ1) is 12.3. The molecule has 0 fully saturated rings. The lowest BCUT2D eigenvalue weighted by Crippen LogP contribution is -2.37. The summed E-state index contributed by atoms with van der Waals surface area (Å²) < 4.78 is 17.3. The molecule has 0 aromatic heterocycles. The van der Waals surface area contributed by atoms with Crippen molar-refractivity contribution in [2.24, 2.45) is 0 Å². The predicted octanol–water partition coefficient (Wildman–Crippen LogP) is 5.35. The molecule has 0 saturated carbocycles. The van der Waals surface area contributed by atoms with E-state index in [9.17, 15) is 4.79 Å². The molecule has 2 aromatic carbocycles. The largest absolute Gasteiger partial charge is 0.467 e. The summed E-state index contributed by atoms with van der Waals surface area (Å²) in [6.07, 6.45) is 1.24. The van der Waals surface area contributed by atoms with Crippen molar-refractivity contribution in [3.8, 4) is 5.75 Å². The number of benzene rings is 2. The maximum Gasteiger partial charge on any atom is 0.415 e. The standard InChI is InChI=1S/C20H24INO4/c1-6-11-22(19(23)26-20(2,3)4)16-12-17(25-13-24-5)14-9-7-8-10-15(14)18(16)21/h6-10,12H,1,11,13H2,2-5H3. The van der Waals surface area contributed by atoms with E-state index in [1.54, 1.807) is 18.1 Å². The number of carbonyl (C=O) groups excluding carboxylic acids is 1. The molecule has 0 heterocycles. The maximum absolute atomic E-state index is 12.7. The van der Waals surface area contributed by atoms with E-state index in [-0.39, 0.29) is 6.79 Å². The van der Waals surface area contributed by atoms with E-state index in [2.05, 4.69) is 29.2 Å². The molecule has 6 heteroatoms. The van der Waals surface area contributed by atoms with Crippen LogP contribution in [0.15, 0.2) is 43.0 Å². The van der Waals surface area contributed by atoms with Crippen LogP contribution in [0, 0.1) is 3.57 Å². The Kier molecular flexibility index (Phi) is 6.88. The summed E-state index contributed by atoms with van der Waals surface area (Å²) in [5, 5.41) is 1.95. The lowest BCUT2D eigenvalue weighted by atomic mass is 10.1. The van der Waals surface area contributed by atoms with Crippen molar-refractivity contribution in [2.75, 3.05) is 25.3 Å². The van der Waals surface area contributed by atoms with Gasteiger partial charge in [0.05, 0.1) is 5.69 Å². The number of hydrogen-bond acceptors (Lipinski definition) is 4. The molecule has 0 saturated heterocycles. The zero-order valence-corrected chi connectivity index (χ0v) is 17.7. The minimum absolute atomic E-state index is 0.123. The molecular formula is C20H24INO4. The fourth-order valence-corrected chi connectivity index (χ4v) is 3.37. The van der Waals surface area contributed by atoms with Crippen LogP contribution in [0.2, 0.25) is 0 Å². The molecule has 0 aliphatic rings. The van der Waals surface area contributed by atoms with Crippen molar-refractivity contribution < 1.29 is 19.0 Å². The van der Waals surface area contributed by atoms with Crippen molar-refractivity contribution in [3.63, 3.8) is 0 Å². The highest BCUT2D eigenvalue weighted by molar-refractivity contribution is 14.1. The third-order valence-corrected chi connectivity index (χ3v) is 4.60. The highest BCUT2D eigenvalue weighted by Gasteiger charge is 2.25. The molecule has 2 aromatic rings. The number of carbonyl (C=O) groups is 1. The molecule has 0 aliphatic heterocycles. The first kappa shape index (κ1) is 20.5. The van der Waals surface area contributed by atoms with Crippen molar-refractivity contribution in [3.05, 3.63) is 46.6 Å². The lowest BCUT2D eigenvalue weighted by Gasteiger charge is -2.28. The second-order valence-corrected chi connectivity index (χ2v) is 7.76. The third-order valence-electron chi connectivity index (χ3n) is 3.47. The van der Waals surface area contributed by atoms with Crippen LogP contribution in [0.3, 0.4) is 0 Å². The molecule has 2 rings (SSSR count). The Hall–Kier alpha value is -1.80. The first-order valence-corrected chi connectivity index (χ1v) is 9.30. The summed E-state index contributed by atoms with van der Waals surface area (Å²) in [6.45, 7) is 9.74. The molecular weight excluding hydrogens is 445 g/mol. The Morgan fingerprint density at radius 1 is 1.27 bits per heavy atom. The van der Waals surface area contributed by atoms with Crippen LogP contribution in [0.5, 0.6) is 5.75 Å². The summed E-state index contributed by atoms with van der Waals surface area (Å²) in [4.78, 5) is 14.3. The SMILES string of the molecule is C=CCN(C(=O)OC(C)(C)C)c1cc(OCOC)c2ccccc2c1I. The minimum Gasteiger partial charge on any atom is -0.467 e. The summed E-state index contributed by atoms with van der Waals surface area (Å²) in [5.41, 5.74) is 0.123. The molecule has 0 bridgehead atoms. The van der Waals surface area contributed by atoms with E-state index in [4.69, 9.17) is 14.2 Å². The molecule has 0 spiro atoms. The molecule has 1 amide bonds. The topological polar surface area (TPSA) is 48.0 Å². The Morgan fingerprint density at radius 3 is 2.50 bits per heavy atom. The van der Waals surface area contributed by atoms with E-state index in [1.807, 2.05) is 51.1 Å². The van der Waals surface area contributed by atoms with E-state index < -0.39 is 11.7 Å². The van der Waals surface area contributed by atoms with Gasteiger partial charge in [-0.05, 0) is 43.4 Å². The fourth-order valence-electron chi connectivity index (χ4n) is 2.45. The summed E-state index contributed by atoms with van der Waals surface area (Å²) in [7, 11) is 1.57. The zero-order valence-electron chi connectivity index (χ0n) is 15.5. The molecule has 0 aliphatic carbocycles. The Morgan fingerprint density at radius 2 is 1.92 bits per heavy atom. The van der Waals surface area contributed by atoms with Gasteiger partial charge < -0.3 is 14.2 Å². The number of fused-ring (bicyclic) bond motifs is 1. The Labute approximate surface area is 168 Å². The van der Waals surface area contributed by atoms with Gasteiger partial charge in [0, 0.05) is 34.1 Å². The van der Waals surface area contributed by atoms with Crippen molar-refractivity contribution >= 4 is 45.1 Å². The van der Waals surface area contributed by atoms with Gasteiger partial charge in [-0.2, -0.15) is 0 Å². The van der Waals surface area contributed by atoms with Crippen molar-refractivity contribution in [2.45, 2.75) is 26.4 Å². The fraction of sp³-hybridized carbons (Fsp3) is 0.350. The van der Waals surface area contributed by atoms with Crippen LogP contribution < -0.4 is 9.64 Å². The van der Waals surface area contributed by atoms with Crippen LogP contribution in [0.1, 0.15) is 20.8 Å². The van der Waals surface area contributed by atoms with E-state index >= 15 is 0 Å². The predicted molar refractivity (Wildman–Crippen MR) is 113 cm³/mol. The zero-order chi connectivity index (χ0) is 19.3. The van der Waals surface area contributed by atoms with Gasteiger partial charge in [0.25, 0.3) is 0 Å². The number of nitrogens with zero attached hydrogens (tertiary/aromatic N) is 1. The van der Waals surface area contributed by atoms with Gasteiger partial charge in [0.2, 0.25) is 0 Å². The van der Waals surface area contributed by atoms with E-state index in [0.717, 1.165) is 14.3 Å². The molecule has 140 valence electrons. The van der Waals surface area contributed by atoms with Crippen LogP contribution in [-0.2, 0) is 9.47 Å². The first-order valence-electron chi connectivity index (χ1n) is 8.23. The Balaban J connectivity index is 2.58. The van der Waals surface area contributed by atoms with Crippen LogP contribution >= 0.6 is 22.6 Å². The number of halogens is 1. The second kappa shape index (κ2) is 8.73. The normalized spacial score (nSPS) is 11.3. The van der Waals surface area contributed by atoms with Crippen LogP contribution in [-0.4, -0.2) is 32.1 Å². The number of hydrogen-bond donors (Lipinski definition) is 0. The van der Waals surface area contributed by atoms with E-state index in [1.165, 1.54) is 0 Å². The quantitative estimate of drug-likeness (QED) is 0.325. The van der Waals surface area contributed by atoms with Crippen molar-refractivity contribution in [1.29, 1.82) is 0 Å². The second-order valence-electron chi connectivity index (χ2n) is 6.68. The molecule has 0 unspecified atom stereocenters. The van der Waals surface area contributed by atoms with Gasteiger partial charge in [-0.1, -0.05) is 30.3 Å². The minimum atomic E-state index is -0.589.